The first kappa shape index (κ1) is 13.4. The van der Waals surface area contributed by atoms with Crippen LogP contribution in [0.4, 0.5) is 5.69 Å². The van der Waals surface area contributed by atoms with Gasteiger partial charge in [0.25, 0.3) is 5.91 Å². The summed E-state index contributed by atoms with van der Waals surface area (Å²) in [5, 5.41) is 20.2. The average Bonchev–Trinajstić information content (AvgIpc) is 2.91. The Balaban J connectivity index is 2.23. The number of nitriles is 1. The van der Waals surface area contributed by atoms with Crippen molar-refractivity contribution in [3.63, 3.8) is 0 Å². The van der Waals surface area contributed by atoms with E-state index < -0.39 is 11.9 Å². The summed E-state index contributed by atoms with van der Waals surface area (Å²) in [6.07, 6.45) is 0.996. The van der Waals surface area contributed by atoms with Crippen molar-refractivity contribution in [2.45, 2.75) is 6.92 Å². The zero-order chi connectivity index (χ0) is 14.7. The molecule has 0 saturated carbocycles. The van der Waals surface area contributed by atoms with Crippen LogP contribution >= 0.6 is 0 Å². The van der Waals surface area contributed by atoms with Crippen molar-refractivity contribution in [3.8, 4) is 6.07 Å². The third kappa shape index (κ3) is 2.67. The van der Waals surface area contributed by atoms with Crippen LogP contribution in [-0.4, -0.2) is 17.0 Å². The summed E-state index contributed by atoms with van der Waals surface area (Å²) in [5.74, 6) is -1.85. The molecular weight excluding hydrogens is 260 g/mol. The fraction of sp³-hybridized carbons (Fsp3) is 0.0714. The number of carboxylic acid groups (broad SMARTS) is 1. The molecule has 0 atom stereocenters. The number of aryl methyl sites for hydroxylation is 1. The van der Waals surface area contributed by atoms with Crippen molar-refractivity contribution in [2.24, 2.45) is 0 Å². The Hall–Kier alpha value is -3.07. The summed E-state index contributed by atoms with van der Waals surface area (Å²) in [6.45, 7) is 1.78. The van der Waals surface area contributed by atoms with Crippen molar-refractivity contribution >= 4 is 17.6 Å². The molecule has 0 spiro atoms. The summed E-state index contributed by atoms with van der Waals surface area (Å²) >= 11 is 0. The van der Waals surface area contributed by atoms with Crippen molar-refractivity contribution in [1.29, 1.82) is 5.26 Å². The zero-order valence-corrected chi connectivity index (χ0v) is 10.5. The van der Waals surface area contributed by atoms with Crippen LogP contribution in [-0.2, 0) is 0 Å². The van der Waals surface area contributed by atoms with Crippen molar-refractivity contribution in [2.75, 3.05) is 5.32 Å². The maximum atomic E-state index is 11.9. The molecule has 2 aromatic rings. The average molecular weight is 270 g/mol. The van der Waals surface area contributed by atoms with E-state index in [0.29, 0.717) is 11.3 Å². The second-order valence-electron chi connectivity index (χ2n) is 4.10. The largest absolute Gasteiger partial charge is 0.478 e. The molecule has 2 N–H and O–H groups in total. The number of carboxylic acids is 1. The molecule has 0 bridgehead atoms. The van der Waals surface area contributed by atoms with Crippen molar-refractivity contribution < 1.29 is 19.1 Å². The molecule has 1 aromatic heterocycles. The molecule has 0 aliphatic carbocycles. The molecule has 1 aromatic carbocycles. The maximum Gasteiger partial charge on any atom is 0.338 e. The normalized spacial score (nSPS) is 9.80. The van der Waals surface area contributed by atoms with E-state index in [1.807, 2.05) is 6.07 Å². The Morgan fingerprint density at radius 3 is 2.70 bits per heavy atom. The van der Waals surface area contributed by atoms with Gasteiger partial charge in [0.1, 0.15) is 6.26 Å². The van der Waals surface area contributed by atoms with E-state index >= 15 is 0 Å². The van der Waals surface area contributed by atoms with Crippen LogP contribution in [0, 0.1) is 18.3 Å². The Bertz CT molecular complexity index is 725. The standard InChI is InChI=1S/C14H10N2O4/c1-8-2-3-9(6-15)4-11(8)16-13(17)12-5-10(7-20-12)14(18)19/h2-5,7H,1H3,(H,16,17)(H,18,19). The number of hydrogen-bond donors (Lipinski definition) is 2. The summed E-state index contributed by atoms with van der Waals surface area (Å²) < 4.78 is 4.90. The Morgan fingerprint density at radius 1 is 1.35 bits per heavy atom. The SMILES string of the molecule is Cc1ccc(C#N)cc1NC(=O)c1cc(C(=O)O)co1. The predicted molar refractivity (Wildman–Crippen MR) is 69.5 cm³/mol. The highest BCUT2D eigenvalue weighted by Crippen LogP contribution is 2.18. The summed E-state index contributed by atoms with van der Waals surface area (Å²) in [7, 11) is 0. The van der Waals surface area contributed by atoms with Gasteiger partial charge in [0.15, 0.2) is 5.76 Å². The van der Waals surface area contributed by atoms with Gasteiger partial charge in [0.2, 0.25) is 0 Å². The van der Waals surface area contributed by atoms with Crippen LogP contribution in [0.5, 0.6) is 0 Å². The van der Waals surface area contributed by atoms with Crippen LogP contribution in [0.25, 0.3) is 0 Å². The highest BCUT2D eigenvalue weighted by Gasteiger charge is 2.15. The first-order chi connectivity index (χ1) is 9.51. The number of aromatic carboxylic acids is 1. The van der Waals surface area contributed by atoms with E-state index in [2.05, 4.69) is 5.32 Å². The van der Waals surface area contributed by atoms with Gasteiger partial charge in [0.05, 0.1) is 17.2 Å². The Labute approximate surface area is 114 Å². The molecule has 6 heteroatoms. The number of nitrogens with zero attached hydrogens (tertiary/aromatic N) is 1. The number of amides is 1. The quantitative estimate of drug-likeness (QED) is 0.891. The van der Waals surface area contributed by atoms with Crippen LogP contribution in [0.2, 0.25) is 0 Å². The third-order valence-corrected chi connectivity index (χ3v) is 2.69. The fourth-order valence-corrected chi connectivity index (χ4v) is 1.58. The molecule has 0 aliphatic rings. The lowest BCUT2D eigenvalue weighted by molar-refractivity contribution is 0.0696. The van der Waals surface area contributed by atoms with E-state index in [1.165, 1.54) is 6.07 Å². The van der Waals surface area contributed by atoms with E-state index in [-0.39, 0.29) is 11.3 Å². The van der Waals surface area contributed by atoms with E-state index in [4.69, 9.17) is 14.8 Å². The number of benzene rings is 1. The molecule has 0 saturated heterocycles. The number of carbonyl (C=O) groups is 2. The smallest absolute Gasteiger partial charge is 0.338 e. The molecule has 0 radical (unpaired) electrons. The number of furan rings is 1. The van der Waals surface area contributed by atoms with Crippen LogP contribution in [0.1, 0.15) is 32.0 Å². The minimum Gasteiger partial charge on any atom is -0.478 e. The summed E-state index contributed by atoms with van der Waals surface area (Å²) in [6, 6.07) is 8.00. The molecule has 1 amide bonds. The van der Waals surface area contributed by atoms with Gasteiger partial charge >= 0.3 is 5.97 Å². The zero-order valence-electron chi connectivity index (χ0n) is 10.5. The lowest BCUT2D eigenvalue weighted by atomic mass is 10.1. The highest BCUT2D eigenvalue weighted by atomic mass is 16.4. The first-order valence-electron chi connectivity index (χ1n) is 5.65. The van der Waals surface area contributed by atoms with Crippen LogP contribution in [0.3, 0.4) is 0 Å². The summed E-state index contributed by atoms with van der Waals surface area (Å²) in [4.78, 5) is 22.6. The lowest BCUT2D eigenvalue weighted by Gasteiger charge is -2.06. The Morgan fingerprint density at radius 2 is 2.10 bits per heavy atom. The number of nitrogens with one attached hydrogen (secondary N) is 1. The molecule has 20 heavy (non-hydrogen) atoms. The molecular formula is C14H10N2O4. The van der Waals surface area contributed by atoms with Gasteiger partial charge in [-0.3, -0.25) is 4.79 Å². The molecule has 2 rings (SSSR count). The fourth-order valence-electron chi connectivity index (χ4n) is 1.58. The topological polar surface area (TPSA) is 103 Å². The van der Waals surface area contributed by atoms with E-state index in [0.717, 1.165) is 17.9 Å². The van der Waals surface area contributed by atoms with Gasteiger partial charge < -0.3 is 14.8 Å². The lowest BCUT2D eigenvalue weighted by Crippen LogP contribution is -2.12. The molecule has 0 unspecified atom stereocenters. The van der Waals surface area contributed by atoms with Gasteiger partial charge in [-0.05, 0) is 24.6 Å². The predicted octanol–water partition coefficient (Wildman–Crippen LogP) is 2.41. The van der Waals surface area contributed by atoms with E-state index in [9.17, 15) is 9.59 Å². The minimum atomic E-state index is -1.17. The molecule has 6 nitrogen and oxygen atoms in total. The summed E-state index contributed by atoms with van der Waals surface area (Å²) in [5.41, 5.74) is 1.57. The molecule has 0 aliphatic heterocycles. The molecule has 1 heterocycles. The second kappa shape index (κ2) is 5.28. The third-order valence-electron chi connectivity index (χ3n) is 2.69. The van der Waals surface area contributed by atoms with Gasteiger partial charge in [-0.15, -0.1) is 0 Å². The van der Waals surface area contributed by atoms with Gasteiger partial charge in [-0.2, -0.15) is 5.26 Å². The molecule has 100 valence electrons. The van der Waals surface area contributed by atoms with Crippen LogP contribution in [0.15, 0.2) is 34.9 Å². The number of rotatable bonds is 3. The number of carbonyl (C=O) groups excluding carboxylic acids is 1. The van der Waals surface area contributed by atoms with Gasteiger partial charge in [-0.1, -0.05) is 6.07 Å². The molecule has 0 fully saturated rings. The van der Waals surface area contributed by atoms with Crippen LogP contribution < -0.4 is 5.32 Å². The monoisotopic (exact) mass is 270 g/mol. The van der Waals surface area contributed by atoms with Crippen molar-refractivity contribution in [3.05, 3.63) is 53.0 Å². The number of anilines is 1. The minimum absolute atomic E-state index is 0.0994. The Kier molecular flexibility index (Phi) is 3.53. The second-order valence-corrected chi connectivity index (χ2v) is 4.10. The van der Waals surface area contributed by atoms with Gasteiger partial charge in [0, 0.05) is 11.8 Å². The van der Waals surface area contributed by atoms with E-state index in [1.54, 1.807) is 19.1 Å². The van der Waals surface area contributed by atoms with Crippen molar-refractivity contribution in [1.82, 2.24) is 0 Å². The van der Waals surface area contributed by atoms with Gasteiger partial charge in [-0.25, -0.2) is 4.79 Å². The first-order valence-corrected chi connectivity index (χ1v) is 5.65. The number of hydrogen-bond acceptors (Lipinski definition) is 4. The maximum absolute atomic E-state index is 11.9. The highest BCUT2D eigenvalue weighted by molar-refractivity contribution is 6.04.